The molecule has 2 heterocycles. The van der Waals surface area contributed by atoms with Gasteiger partial charge in [0.05, 0.1) is 29.6 Å². The lowest BCUT2D eigenvalue weighted by atomic mass is 10.1. The van der Waals surface area contributed by atoms with E-state index in [0.717, 1.165) is 16.8 Å². The zero-order valence-electron chi connectivity index (χ0n) is 18.3. The summed E-state index contributed by atoms with van der Waals surface area (Å²) in [6, 6.07) is 23.8. The van der Waals surface area contributed by atoms with Gasteiger partial charge in [0.25, 0.3) is 17.7 Å². The molecule has 3 aromatic carbocycles. The summed E-state index contributed by atoms with van der Waals surface area (Å²) >= 11 is 0. The molecule has 5 rings (SSSR count). The molecule has 7 nitrogen and oxygen atoms in total. The SMILES string of the molecule is O=C(NCCc1cnn(-c2ccccc2)c1)c1ccc2c(c1)C(=O)N(Cc1ccccc1)C2=O. The minimum atomic E-state index is -0.383. The predicted molar refractivity (Wildman–Crippen MR) is 127 cm³/mol. The molecule has 34 heavy (non-hydrogen) atoms. The summed E-state index contributed by atoms with van der Waals surface area (Å²) in [6.07, 6.45) is 4.33. The van der Waals surface area contributed by atoms with Crippen LogP contribution in [0.1, 0.15) is 42.2 Å². The number of aromatic nitrogens is 2. The van der Waals surface area contributed by atoms with Gasteiger partial charge in [-0.15, -0.1) is 0 Å². The highest BCUT2D eigenvalue weighted by atomic mass is 16.2. The lowest BCUT2D eigenvalue weighted by Crippen LogP contribution is -2.29. The number of para-hydroxylation sites is 1. The Morgan fingerprint density at radius 2 is 1.53 bits per heavy atom. The van der Waals surface area contributed by atoms with Gasteiger partial charge in [0.15, 0.2) is 0 Å². The maximum Gasteiger partial charge on any atom is 0.261 e. The monoisotopic (exact) mass is 450 g/mol. The van der Waals surface area contributed by atoms with Crippen molar-refractivity contribution in [1.29, 1.82) is 0 Å². The van der Waals surface area contributed by atoms with E-state index in [-0.39, 0.29) is 29.8 Å². The van der Waals surface area contributed by atoms with Crippen LogP contribution in [0, 0.1) is 0 Å². The molecule has 0 atom stereocenters. The maximum atomic E-state index is 12.9. The molecule has 1 aliphatic rings. The van der Waals surface area contributed by atoms with Crippen LogP contribution in [-0.2, 0) is 13.0 Å². The fraction of sp³-hybridized carbons (Fsp3) is 0.111. The fourth-order valence-electron chi connectivity index (χ4n) is 3.98. The molecule has 0 aliphatic carbocycles. The second kappa shape index (κ2) is 9.15. The number of nitrogens with one attached hydrogen (secondary N) is 1. The van der Waals surface area contributed by atoms with Gasteiger partial charge in [0, 0.05) is 18.3 Å². The van der Waals surface area contributed by atoms with Crippen molar-refractivity contribution in [3.8, 4) is 5.69 Å². The lowest BCUT2D eigenvalue weighted by molar-refractivity contribution is 0.0642. The van der Waals surface area contributed by atoms with Gasteiger partial charge in [-0.3, -0.25) is 19.3 Å². The van der Waals surface area contributed by atoms with Gasteiger partial charge in [-0.2, -0.15) is 5.10 Å². The summed E-state index contributed by atoms with van der Waals surface area (Å²) < 4.78 is 1.79. The molecule has 1 N–H and O–H groups in total. The minimum absolute atomic E-state index is 0.200. The summed E-state index contributed by atoms with van der Waals surface area (Å²) in [6.45, 7) is 0.620. The smallest absolute Gasteiger partial charge is 0.261 e. The molecule has 0 radical (unpaired) electrons. The van der Waals surface area contributed by atoms with Crippen LogP contribution >= 0.6 is 0 Å². The van der Waals surface area contributed by atoms with E-state index in [1.54, 1.807) is 23.0 Å². The third-order valence-electron chi connectivity index (χ3n) is 5.77. The van der Waals surface area contributed by atoms with Crippen molar-refractivity contribution in [2.24, 2.45) is 0 Å². The van der Waals surface area contributed by atoms with Crippen LogP contribution in [0.5, 0.6) is 0 Å². The van der Waals surface area contributed by atoms with Gasteiger partial charge in [-0.05, 0) is 47.9 Å². The first-order valence-corrected chi connectivity index (χ1v) is 11.0. The van der Waals surface area contributed by atoms with Crippen molar-refractivity contribution in [2.45, 2.75) is 13.0 Å². The van der Waals surface area contributed by atoms with Crippen LogP contribution in [0.3, 0.4) is 0 Å². The Kier molecular flexibility index (Phi) is 5.74. The van der Waals surface area contributed by atoms with Crippen molar-refractivity contribution >= 4 is 17.7 Å². The minimum Gasteiger partial charge on any atom is -0.352 e. The molecule has 0 saturated carbocycles. The number of benzene rings is 3. The van der Waals surface area contributed by atoms with E-state index in [1.807, 2.05) is 66.9 Å². The Balaban J connectivity index is 1.21. The normalized spacial score (nSPS) is 12.6. The molecule has 0 spiro atoms. The molecule has 1 aliphatic heterocycles. The molecule has 3 amide bonds. The number of hydrogen-bond donors (Lipinski definition) is 1. The molecular formula is C27H22N4O3. The topological polar surface area (TPSA) is 84.3 Å². The Morgan fingerprint density at radius 1 is 0.824 bits per heavy atom. The summed E-state index contributed by atoms with van der Waals surface area (Å²) in [5.74, 6) is -1.02. The van der Waals surface area contributed by atoms with Crippen LogP contribution in [0.15, 0.2) is 91.3 Å². The quantitative estimate of drug-likeness (QED) is 0.436. The number of hydrogen-bond acceptors (Lipinski definition) is 4. The van der Waals surface area contributed by atoms with Crippen molar-refractivity contribution in [3.63, 3.8) is 0 Å². The second-order valence-electron chi connectivity index (χ2n) is 8.08. The molecule has 0 bridgehead atoms. The first kappa shape index (κ1) is 21.3. The van der Waals surface area contributed by atoms with E-state index in [9.17, 15) is 14.4 Å². The Morgan fingerprint density at radius 3 is 2.29 bits per heavy atom. The van der Waals surface area contributed by atoms with E-state index < -0.39 is 0 Å². The third kappa shape index (κ3) is 4.23. The van der Waals surface area contributed by atoms with Crippen molar-refractivity contribution in [3.05, 3.63) is 119 Å². The van der Waals surface area contributed by atoms with E-state index in [1.165, 1.54) is 11.0 Å². The summed E-state index contributed by atoms with van der Waals surface area (Å²) in [7, 11) is 0. The number of carbonyl (C=O) groups excluding carboxylic acids is 3. The number of amides is 3. The van der Waals surface area contributed by atoms with Crippen LogP contribution in [0.2, 0.25) is 0 Å². The Labute approximate surface area is 196 Å². The van der Waals surface area contributed by atoms with Crippen LogP contribution in [0.4, 0.5) is 0 Å². The molecular weight excluding hydrogens is 428 g/mol. The number of rotatable bonds is 7. The maximum absolute atomic E-state index is 12.9. The molecule has 168 valence electrons. The van der Waals surface area contributed by atoms with E-state index >= 15 is 0 Å². The van der Waals surface area contributed by atoms with Crippen molar-refractivity contribution in [1.82, 2.24) is 20.0 Å². The molecule has 7 heteroatoms. The molecule has 4 aromatic rings. The average Bonchev–Trinajstić information content (AvgIpc) is 3.44. The predicted octanol–water partition coefficient (Wildman–Crippen LogP) is 3.64. The first-order chi connectivity index (χ1) is 16.6. The molecule has 0 fully saturated rings. The summed E-state index contributed by atoms with van der Waals surface area (Å²) in [5.41, 5.74) is 3.77. The summed E-state index contributed by atoms with van der Waals surface area (Å²) in [4.78, 5) is 39.5. The van der Waals surface area contributed by atoms with Crippen LogP contribution < -0.4 is 5.32 Å². The van der Waals surface area contributed by atoms with Gasteiger partial charge in [-0.25, -0.2) is 4.68 Å². The number of carbonyl (C=O) groups is 3. The van der Waals surface area contributed by atoms with Crippen molar-refractivity contribution < 1.29 is 14.4 Å². The van der Waals surface area contributed by atoms with E-state index in [4.69, 9.17) is 0 Å². The Hall–Kier alpha value is -4.52. The highest BCUT2D eigenvalue weighted by molar-refractivity contribution is 6.22. The lowest BCUT2D eigenvalue weighted by Gasteiger charge is -2.13. The van der Waals surface area contributed by atoms with Crippen LogP contribution in [0.25, 0.3) is 5.69 Å². The van der Waals surface area contributed by atoms with Gasteiger partial charge < -0.3 is 5.32 Å². The molecule has 0 saturated heterocycles. The zero-order valence-corrected chi connectivity index (χ0v) is 18.3. The molecule has 0 unspecified atom stereocenters. The Bertz CT molecular complexity index is 1360. The average molecular weight is 450 g/mol. The fourth-order valence-corrected chi connectivity index (χ4v) is 3.98. The highest BCUT2D eigenvalue weighted by Gasteiger charge is 2.35. The van der Waals surface area contributed by atoms with E-state index in [0.29, 0.717) is 24.1 Å². The summed E-state index contributed by atoms with van der Waals surface area (Å²) in [5, 5.41) is 7.24. The first-order valence-electron chi connectivity index (χ1n) is 11.0. The number of nitrogens with zero attached hydrogens (tertiary/aromatic N) is 3. The number of imide groups is 1. The number of fused-ring (bicyclic) bond motifs is 1. The highest BCUT2D eigenvalue weighted by Crippen LogP contribution is 2.25. The largest absolute Gasteiger partial charge is 0.352 e. The standard InChI is InChI=1S/C27H22N4O3/c32-25(28-14-13-20-16-29-31(18-20)22-9-5-2-6-10-22)21-11-12-23-24(15-21)27(34)30(26(23)33)17-19-7-3-1-4-8-19/h1-12,15-16,18H,13-14,17H2,(H,28,32). The van der Waals surface area contributed by atoms with Gasteiger partial charge in [0.2, 0.25) is 0 Å². The second-order valence-corrected chi connectivity index (χ2v) is 8.08. The third-order valence-corrected chi connectivity index (χ3v) is 5.77. The van der Waals surface area contributed by atoms with Gasteiger partial charge in [0.1, 0.15) is 0 Å². The van der Waals surface area contributed by atoms with Gasteiger partial charge >= 0.3 is 0 Å². The van der Waals surface area contributed by atoms with Gasteiger partial charge in [-0.1, -0.05) is 48.5 Å². The molecule has 1 aromatic heterocycles. The van der Waals surface area contributed by atoms with Crippen LogP contribution in [-0.4, -0.2) is 38.9 Å². The van der Waals surface area contributed by atoms with Crippen molar-refractivity contribution in [2.75, 3.05) is 6.54 Å². The zero-order chi connectivity index (χ0) is 23.5. The van der Waals surface area contributed by atoms with E-state index in [2.05, 4.69) is 10.4 Å².